The van der Waals surface area contributed by atoms with Gasteiger partial charge in [-0.3, -0.25) is 14.4 Å². The quantitative estimate of drug-likeness (QED) is 0.342. The molecular formula is C32H48O8S. The van der Waals surface area contributed by atoms with Gasteiger partial charge in [-0.1, -0.05) is 45.9 Å². The highest BCUT2D eigenvalue weighted by Gasteiger charge is 2.61. The number of fused-ring (bicyclic) bond motifs is 1. The number of aliphatic hydroxyl groups excluding tert-OH is 1. The predicted octanol–water partition coefficient (Wildman–Crippen LogP) is 5.09. The number of hydrogen-bond acceptors (Lipinski definition) is 9. The molecule has 9 heteroatoms. The molecule has 2 heterocycles. The lowest BCUT2D eigenvalue weighted by molar-refractivity contribution is -0.186. The number of aliphatic hydroxyl groups is 1. The molecule has 2 aliphatic heterocycles. The highest BCUT2D eigenvalue weighted by atomic mass is 32.2. The first-order valence-corrected chi connectivity index (χ1v) is 15.8. The van der Waals surface area contributed by atoms with Gasteiger partial charge >= 0.3 is 11.9 Å². The molecule has 1 aromatic carbocycles. The highest BCUT2D eigenvalue weighted by molar-refractivity contribution is 8.00. The van der Waals surface area contributed by atoms with Crippen LogP contribution in [0.2, 0.25) is 0 Å². The van der Waals surface area contributed by atoms with Gasteiger partial charge in [0.2, 0.25) is 0 Å². The maximum absolute atomic E-state index is 14.0. The Hall–Kier alpha value is -2.10. The number of rotatable bonds is 7. The van der Waals surface area contributed by atoms with Crippen molar-refractivity contribution >= 4 is 29.5 Å². The van der Waals surface area contributed by atoms with Crippen LogP contribution in [0.25, 0.3) is 0 Å². The molecule has 10 unspecified atom stereocenters. The second-order valence-corrected chi connectivity index (χ2v) is 13.6. The van der Waals surface area contributed by atoms with E-state index in [4.69, 9.17) is 18.9 Å². The van der Waals surface area contributed by atoms with Crippen molar-refractivity contribution in [3.8, 4) is 5.75 Å². The molecule has 1 aromatic rings. The second kappa shape index (κ2) is 13.9. The molecular weight excluding hydrogens is 544 g/mol. The normalized spacial score (nSPS) is 38.9. The summed E-state index contributed by atoms with van der Waals surface area (Å²) in [4.78, 5) is 40.8. The van der Waals surface area contributed by atoms with Crippen LogP contribution in [0.4, 0.5) is 0 Å². The van der Waals surface area contributed by atoms with Gasteiger partial charge in [0.25, 0.3) is 0 Å². The number of methoxy groups -OCH3 is 1. The van der Waals surface area contributed by atoms with Gasteiger partial charge in [0.05, 0.1) is 24.2 Å². The molecule has 2 aliphatic rings. The first-order valence-electron chi connectivity index (χ1n) is 14.8. The lowest BCUT2D eigenvalue weighted by Gasteiger charge is -2.42. The Morgan fingerprint density at radius 1 is 1.00 bits per heavy atom. The van der Waals surface area contributed by atoms with E-state index in [1.165, 1.54) is 11.8 Å². The summed E-state index contributed by atoms with van der Waals surface area (Å²) in [6.45, 7) is 13.3. The van der Waals surface area contributed by atoms with Gasteiger partial charge in [-0.25, -0.2) is 0 Å². The summed E-state index contributed by atoms with van der Waals surface area (Å²) in [5.41, 5.74) is -1.91. The number of carbonyl (C=O) groups excluding carboxylic acids is 3. The Morgan fingerprint density at radius 2 is 1.66 bits per heavy atom. The summed E-state index contributed by atoms with van der Waals surface area (Å²) in [5, 5.41) is 10.5. The molecule has 0 spiro atoms. The van der Waals surface area contributed by atoms with Crippen LogP contribution < -0.4 is 4.74 Å². The molecule has 41 heavy (non-hydrogen) atoms. The van der Waals surface area contributed by atoms with Gasteiger partial charge in [-0.2, -0.15) is 0 Å². The third kappa shape index (κ3) is 7.46. The Kier molecular flexibility index (Phi) is 11.3. The predicted molar refractivity (Wildman–Crippen MR) is 159 cm³/mol. The molecule has 2 fully saturated rings. The summed E-state index contributed by atoms with van der Waals surface area (Å²) in [6, 6.07) is 9.45. The van der Waals surface area contributed by atoms with Crippen LogP contribution in [0.3, 0.4) is 0 Å². The van der Waals surface area contributed by atoms with E-state index in [-0.39, 0.29) is 17.6 Å². The van der Waals surface area contributed by atoms with E-state index in [1.54, 1.807) is 21.0 Å². The third-order valence-electron chi connectivity index (χ3n) is 9.13. The second-order valence-electron chi connectivity index (χ2n) is 12.3. The van der Waals surface area contributed by atoms with Crippen molar-refractivity contribution in [2.45, 2.75) is 96.4 Å². The Balaban J connectivity index is 1.96. The first kappa shape index (κ1) is 33.4. The van der Waals surface area contributed by atoms with Crippen LogP contribution >= 0.6 is 11.8 Å². The third-order valence-corrected chi connectivity index (χ3v) is 10.4. The van der Waals surface area contributed by atoms with Crippen molar-refractivity contribution in [2.24, 2.45) is 29.6 Å². The molecule has 230 valence electrons. The number of ketones is 1. The zero-order chi connectivity index (χ0) is 30.5. The van der Waals surface area contributed by atoms with Crippen molar-refractivity contribution < 1.29 is 38.4 Å². The number of carbonyl (C=O) groups is 3. The van der Waals surface area contributed by atoms with Crippen LogP contribution in [0, 0.1) is 29.6 Å². The fourth-order valence-electron chi connectivity index (χ4n) is 6.76. The molecule has 8 nitrogen and oxygen atoms in total. The van der Waals surface area contributed by atoms with Gasteiger partial charge < -0.3 is 24.1 Å². The van der Waals surface area contributed by atoms with Crippen LogP contribution in [0.15, 0.2) is 30.3 Å². The van der Waals surface area contributed by atoms with Crippen LogP contribution in [-0.4, -0.2) is 71.0 Å². The van der Waals surface area contributed by atoms with Gasteiger partial charge in [0.1, 0.15) is 22.9 Å². The van der Waals surface area contributed by atoms with E-state index in [9.17, 15) is 19.5 Å². The number of cyclic esters (lactones) is 1. The average Bonchev–Trinajstić information content (AvgIpc) is 3.21. The van der Waals surface area contributed by atoms with Crippen molar-refractivity contribution in [3.05, 3.63) is 30.3 Å². The Bertz CT molecular complexity index is 1050. The van der Waals surface area contributed by atoms with E-state index in [2.05, 4.69) is 0 Å². The maximum Gasteiger partial charge on any atom is 0.320 e. The molecule has 0 saturated carbocycles. The number of Topliss-reactive ketones (excluding diaryl/α,β-unsaturated/α-hetero) is 1. The summed E-state index contributed by atoms with van der Waals surface area (Å²) in [6.07, 6.45) is -0.450. The lowest BCUT2D eigenvalue weighted by atomic mass is 9.70. The van der Waals surface area contributed by atoms with E-state index in [0.29, 0.717) is 31.6 Å². The molecule has 0 radical (unpaired) electrons. The summed E-state index contributed by atoms with van der Waals surface area (Å²) in [7, 11) is 1.61. The Labute approximate surface area is 249 Å². The zero-order valence-electron chi connectivity index (χ0n) is 25.8. The number of ether oxygens (including phenoxy) is 4. The van der Waals surface area contributed by atoms with Crippen LogP contribution in [-0.2, 0) is 28.6 Å². The fraction of sp³-hybridized carbons (Fsp3) is 0.719. The first-order chi connectivity index (χ1) is 19.3. The van der Waals surface area contributed by atoms with Crippen molar-refractivity contribution in [1.82, 2.24) is 0 Å². The molecule has 3 rings (SSSR count). The molecule has 0 amide bonds. The monoisotopic (exact) mass is 592 g/mol. The van der Waals surface area contributed by atoms with Crippen molar-refractivity contribution in [2.75, 3.05) is 19.5 Å². The fourth-order valence-corrected chi connectivity index (χ4v) is 8.09. The van der Waals surface area contributed by atoms with Crippen LogP contribution in [0.1, 0.15) is 67.7 Å². The summed E-state index contributed by atoms with van der Waals surface area (Å²) < 4.78 is 23.8. The topological polar surface area (TPSA) is 108 Å². The lowest BCUT2D eigenvalue weighted by Crippen LogP contribution is -2.53. The zero-order valence-corrected chi connectivity index (χ0v) is 26.6. The average molecular weight is 593 g/mol. The Morgan fingerprint density at radius 3 is 2.27 bits per heavy atom. The minimum absolute atomic E-state index is 0.00810. The summed E-state index contributed by atoms with van der Waals surface area (Å²) in [5.74, 6) is -2.24. The summed E-state index contributed by atoms with van der Waals surface area (Å²) >= 11 is 1.41. The molecule has 0 bridgehead atoms. The standard InChI is InChI=1S/C32H48O8S/c1-9-24-32(7)25(28(30(36)40-32)41-16-15-38-23-13-11-10-12-14-23)21(4)26(33)19(2)17-31(6,37-8)18-20(3)27(34)22(5)29(35)39-24/h10-14,19-22,24-25,27-28,34H,9,15-18H2,1-8H3. The minimum atomic E-state index is -1.22. The van der Waals surface area contributed by atoms with E-state index in [0.717, 1.165) is 5.75 Å². The molecule has 0 aliphatic carbocycles. The van der Waals surface area contributed by atoms with Gasteiger partial charge in [-0.15, -0.1) is 11.8 Å². The smallest absolute Gasteiger partial charge is 0.320 e. The minimum Gasteiger partial charge on any atom is -0.493 e. The molecule has 10 atom stereocenters. The highest BCUT2D eigenvalue weighted by Crippen LogP contribution is 2.48. The number of esters is 2. The SMILES string of the molecule is CCC1OC(=O)C(C)C(O)C(C)CC(C)(OC)CC(C)C(=O)C(C)C2C(SCCOc3ccccc3)C(=O)OC12C. The van der Waals surface area contributed by atoms with Gasteiger partial charge in [0.15, 0.2) is 5.60 Å². The van der Waals surface area contributed by atoms with E-state index in [1.807, 2.05) is 65.0 Å². The number of benzene rings is 1. The van der Waals surface area contributed by atoms with Crippen molar-refractivity contribution in [3.63, 3.8) is 0 Å². The number of thioether (sulfide) groups is 1. The van der Waals surface area contributed by atoms with Gasteiger partial charge in [0, 0.05) is 30.6 Å². The number of para-hydroxylation sites is 1. The molecule has 2 saturated heterocycles. The van der Waals surface area contributed by atoms with Gasteiger partial charge in [-0.05, 0) is 58.1 Å². The van der Waals surface area contributed by atoms with E-state index < -0.39 is 58.4 Å². The van der Waals surface area contributed by atoms with Crippen molar-refractivity contribution in [1.29, 1.82) is 0 Å². The van der Waals surface area contributed by atoms with Crippen LogP contribution in [0.5, 0.6) is 5.75 Å². The number of hydrogen-bond donors (Lipinski definition) is 1. The largest absolute Gasteiger partial charge is 0.493 e. The van der Waals surface area contributed by atoms with E-state index >= 15 is 0 Å². The molecule has 0 aromatic heterocycles. The molecule has 1 N–H and O–H groups in total. The maximum atomic E-state index is 14.0.